The second-order valence-electron chi connectivity index (χ2n) is 4.71. The van der Waals surface area contributed by atoms with Crippen molar-refractivity contribution in [3.63, 3.8) is 0 Å². The van der Waals surface area contributed by atoms with E-state index < -0.39 is 0 Å². The van der Waals surface area contributed by atoms with Crippen LogP contribution in [0.4, 0.5) is 0 Å². The molecule has 106 valence electrons. The summed E-state index contributed by atoms with van der Waals surface area (Å²) in [6, 6.07) is 4.66. The molecule has 0 unspecified atom stereocenters. The molecule has 0 radical (unpaired) electrons. The number of aliphatic hydroxyl groups excluding tert-OH is 1. The topological polar surface area (TPSA) is 45.1 Å². The van der Waals surface area contributed by atoms with E-state index in [-0.39, 0.29) is 6.61 Å². The lowest BCUT2D eigenvalue weighted by molar-refractivity contribution is 0.273. The first-order valence-corrected chi connectivity index (χ1v) is 7.18. The average Bonchev–Trinajstić information content (AvgIpc) is 2.47. The molecule has 0 aliphatic heterocycles. The van der Waals surface area contributed by atoms with Gasteiger partial charge in [-0.05, 0) is 44.4 Å². The number of pyridine rings is 1. The maximum atomic E-state index is 8.87. The molecule has 1 heterocycles. The fourth-order valence-electron chi connectivity index (χ4n) is 2.14. The first-order chi connectivity index (χ1) is 9.24. The highest BCUT2D eigenvalue weighted by atomic mass is 16.2. The highest BCUT2D eigenvalue weighted by molar-refractivity contribution is 5.26. The molecular weight excluding hydrogens is 236 g/mol. The van der Waals surface area contributed by atoms with Crippen LogP contribution in [0.1, 0.15) is 45.7 Å². The van der Waals surface area contributed by atoms with Crippen molar-refractivity contribution in [3.8, 4) is 0 Å². The Bertz CT molecular complexity index is 482. The molecule has 0 spiro atoms. The van der Waals surface area contributed by atoms with E-state index in [1.807, 2.05) is 19.9 Å². The van der Waals surface area contributed by atoms with Gasteiger partial charge in [-0.1, -0.05) is 25.1 Å². The van der Waals surface area contributed by atoms with Gasteiger partial charge in [-0.3, -0.25) is 4.98 Å². The van der Waals surface area contributed by atoms with Crippen molar-refractivity contribution in [2.75, 3.05) is 6.61 Å². The van der Waals surface area contributed by atoms with Crippen molar-refractivity contribution >= 4 is 12.2 Å². The third kappa shape index (κ3) is 5.13. The highest BCUT2D eigenvalue weighted by Gasteiger charge is 2.05. The van der Waals surface area contributed by atoms with Crippen molar-refractivity contribution in [2.24, 2.45) is 0 Å². The molecule has 1 rings (SSSR count). The Hall–Kier alpha value is -1.19. The molecule has 3 heteroatoms. The van der Waals surface area contributed by atoms with Crippen LogP contribution >= 0.6 is 0 Å². The summed E-state index contributed by atoms with van der Waals surface area (Å²) < 4.78 is 0. The number of rotatable bonds is 7. The van der Waals surface area contributed by atoms with E-state index in [2.05, 4.69) is 35.4 Å². The Labute approximate surface area is 116 Å². The van der Waals surface area contributed by atoms with E-state index in [1.54, 1.807) is 0 Å². The summed E-state index contributed by atoms with van der Waals surface area (Å²) in [5.74, 6) is 0. The molecule has 0 aliphatic rings. The molecule has 19 heavy (non-hydrogen) atoms. The molecule has 1 aromatic rings. The third-order valence-corrected chi connectivity index (χ3v) is 3.37. The van der Waals surface area contributed by atoms with Gasteiger partial charge in [0.1, 0.15) is 0 Å². The minimum Gasteiger partial charge on any atom is -0.396 e. The van der Waals surface area contributed by atoms with Crippen LogP contribution in [0.5, 0.6) is 0 Å². The average molecular weight is 262 g/mol. The Morgan fingerprint density at radius 2 is 2.11 bits per heavy atom. The van der Waals surface area contributed by atoms with Crippen molar-refractivity contribution in [1.29, 1.82) is 0 Å². The summed E-state index contributed by atoms with van der Waals surface area (Å²) in [5.41, 5.74) is 1.07. The molecule has 1 atom stereocenters. The van der Waals surface area contributed by atoms with E-state index in [4.69, 9.17) is 5.11 Å². The van der Waals surface area contributed by atoms with Crippen molar-refractivity contribution in [1.82, 2.24) is 10.3 Å². The second kappa shape index (κ2) is 8.83. The molecule has 3 nitrogen and oxygen atoms in total. The van der Waals surface area contributed by atoms with Gasteiger partial charge in [0.15, 0.2) is 0 Å². The molecule has 0 bridgehead atoms. The van der Waals surface area contributed by atoms with Crippen LogP contribution in [-0.2, 0) is 6.54 Å². The van der Waals surface area contributed by atoms with Crippen LogP contribution in [-0.4, -0.2) is 22.7 Å². The van der Waals surface area contributed by atoms with E-state index in [9.17, 15) is 0 Å². The van der Waals surface area contributed by atoms with Gasteiger partial charge in [-0.15, -0.1) is 0 Å². The number of aliphatic hydroxyl groups is 1. The molecule has 0 amide bonds. The molecule has 0 saturated carbocycles. The van der Waals surface area contributed by atoms with Gasteiger partial charge in [0.2, 0.25) is 0 Å². The Morgan fingerprint density at radius 3 is 2.68 bits per heavy atom. The third-order valence-electron chi connectivity index (χ3n) is 3.37. The van der Waals surface area contributed by atoms with Gasteiger partial charge in [-0.25, -0.2) is 0 Å². The van der Waals surface area contributed by atoms with E-state index >= 15 is 0 Å². The zero-order valence-corrected chi connectivity index (χ0v) is 12.3. The molecule has 0 fully saturated rings. The fraction of sp³-hybridized carbons (Fsp3) is 0.562. The van der Waals surface area contributed by atoms with Gasteiger partial charge in [-0.2, -0.15) is 0 Å². The van der Waals surface area contributed by atoms with Crippen LogP contribution in [0.3, 0.4) is 0 Å². The van der Waals surface area contributed by atoms with Gasteiger partial charge in [0, 0.05) is 19.2 Å². The van der Waals surface area contributed by atoms with Gasteiger partial charge in [0.05, 0.1) is 11.0 Å². The molecule has 0 saturated heterocycles. The van der Waals surface area contributed by atoms with Crippen LogP contribution in [0.25, 0.3) is 12.2 Å². The van der Waals surface area contributed by atoms with Crippen molar-refractivity contribution < 1.29 is 5.11 Å². The zero-order valence-electron chi connectivity index (χ0n) is 12.3. The molecule has 1 aromatic heterocycles. The quantitative estimate of drug-likeness (QED) is 0.779. The summed E-state index contributed by atoms with van der Waals surface area (Å²) >= 11 is 0. The SMILES string of the molecule is C/C=c1/ccc(CN[C@H](CC)CCCO)n/c1=C/C. The first-order valence-electron chi connectivity index (χ1n) is 7.18. The Morgan fingerprint density at radius 1 is 1.32 bits per heavy atom. The number of hydrogen-bond acceptors (Lipinski definition) is 3. The predicted molar refractivity (Wildman–Crippen MR) is 81.0 cm³/mol. The first kappa shape index (κ1) is 15.9. The van der Waals surface area contributed by atoms with E-state index in [1.165, 1.54) is 5.22 Å². The molecular formula is C16H26N2O. The minimum atomic E-state index is 0.270. The largest absolute Gasteiger partial charge is 0.396 e. The maximum Gasteiger partial charge on any atom is 0.0659 e. The van der Waals surface area contributed by atoms with Gasteiger partial charge >= 0.3 is 0 Å². The normalized spacial score (nSPS) is 14.9. The Kier molecular flexibility index (Phi) is 7.38. The molecule has 2 N–H and O–H groups in total. The predicted octanol–water partition coefficient (Wildman–Crippen LogP) is 1.32. The van der Waals surface area contributed by atoms with Crippen molar-refractivity contribution in [3.05, 3.63) is 28.4 Å². The minimum absolute atomic E-state index is 0.270. The van der Waals surface area contributed by atoms with Gasteiger partial charge in [0.25, 0.3) is 0 Å². The van der Waals surface area contributed by atoms with Crippen LogP contribution < -0.4 is 15.9 Å². The standard InChI is InChI=1S/C16H26N2O/c1-4-13-9-10-15(18-16(13)6-3)12-17-14(5-2)8-7-11-19/h4,6,9-10,14,17,19H,5,7-8,11-12H2,1-3H3/b13-4-,16-6+/t14-/m1/s1. The Balaban J connectivity index is 2.68. The lowest BCUT2D eigenvalue weighted by Crippen LogP contribution is -2.32. The lowest BCUT2D eigenvalue weighted by atomic mass is 10.1. The smallest absolute Gasteiger partial charge is 0.0659 e. The molecule has 0 aliphatic carbocycles. The molecule has 0 aromatic carbocycles. The summed E-state index contributed by atoms with van der Waals surface area (Å²) in [7, 11) is 0. The number of nitrogens with one attached hydrogen (secondary N) is 1. The van der Waals surface area contributed by atoms with Crippen LogP contribution in [0, 0.1) is 0 Å². The second-order valence-corrected chi connectivity index (χ2v) is 4.71. The lowest BCUT2D eigenvalue weighted by Gasteiger charge is -2.16. The highest BCUT2D eigenvalue weighted by Crippen LogP contribution is 2.02. The summed E-state index contributed by atoms with van der Waals surface area (Å²) in [6.45, 7) is 7.27. The van der Waals surface area contributed by atoms with Crippen LogP contribution in [0.2, 0.25) is 0 Å². The maximum absolute atomic E-state index is 8.87. The van der Waals surface area contributed by atoms with Crippen LogP contribution in [0.15, 0.2) is 12.1 Å². The van der Waals surface area contributed by atoms with E-state index in [0.717, 1.165) is 36.9 Å². The number of nitrogens with zero attached hydrogens (tertiary/aromatic N) is 1. The van der Waals surface area contributed by atoms with Crippen molar-refractivity contribution in [2.45, 2.75) is 52.6 Å². The summed E-state index contributed by atoms with van der Waals surface area (Å²) in [6.07, 6.45) is 7.07. The van der Waals surface area contributed by atoms with Gasteiger partial charge < -0.3 is 10.4 Å². The van der Waals surface area contributed by atoms with E-state index in [0.29, 0.717) is 6.04 Å². The number of hydrogen-bond donors (Lipinski definition) is 2. The fourth-order valence-corrected chi connectivity index (χ4v) is 2.14. The summed E-state index contributed by atoms with van der Waals surface area (Å²) in [4.78, 5) is 4.65. The number of aromatic nitrogens is 1. The zero-order chi connectivity index (χ0) is 14.1. The monoisotopic (exact) mass is 262 g/mol. The summed E-state index contributed by atoms with van der Waals surface area (Å²) in [5, 5.41) is 14.6.